The van der Waals surface area contributed by atoms with E-state index in [1.54, 1.807) is 0 Å². The molecule has 0 saturated heterocycles. The lowest BCUT2D eigenvalue weighted by atomic mass is 10.0. The van der Waals surface area contributed by atoms with Crippen molar-refractivity contribution in [2.45, 2.75) is 115 Å². The Morgan fingerprint density at radius 2 is 1.32 bits per heavy atom. The molecule has 4 heteroatoms. The molecule has 0 aliphatic rings. The molecule has 0 bridgehead atoms. The van der Waals surface area contributed by atoms with Crippen molar-refractivity contribution in [1.82, 2.24) is 5.32 Å². The van der Waals surface area contributed by atoms with Crippen LogP contribution < -0.4 is 5.32 Å². The first kappa shape index (κ1) is 37.9. The van der Waals surface area contributed by atoms with Gasteiger partial charge in [-0.15, -0.1) is 0 Å². The van der Waals surface area contributed by atoms with Crippen LogP contribution in [0.5, 0.6) is 0 Å². The summed E-state index contributed by atoms with van der Waals surface area (Å²) in [5, 5.41) is 11.1. The van der Waals surface area contributed by atoms with Crippen LogP contribution in [0.1, 0.15) is 117 Å². The van der Waals surface area contributed by atoms with Crippen molar-refractivity contribution in [2.75, 3.05) is 19.8 Å². The first-order valence-electron chi connectivity index (χ1n) is 11.9. The molecule has 0 aromatic carbocycles. The highest BCUT2D eigenvalue weighted by molar-refractivity contribution is 5.66. The molecule has 1 amide bonds. The monoisotopic (exact) mass is 409 g/mol. The molecule has 28 heavy (non-hydrogen) atoms. The van der Waals surface area contributed by atoms with Crippen molar-refractivity contribution < 1.29 is 16.1 Å². The highest BCUT2D eigenvalue weighted by Crippen LogP contribution is 2.08. The molecule has 4 nitrogen and oxygen atoms in total. The van der Waals surface area contributed by atoms with Crippen LogP contribution in [0.4, 0.5) is 4.79 Å². The summed E-state index contributed by atoms with van der Waals surface area (Å²) in [6.45, 7) is 26.3. The Balaban J connectivity index is -0.0000000796. The Bertz CT molecular complexity index is 252. The van der Waals surface area contributed by atoms with Gasteiger partial charge in [-0.1, -0.05) is 95.9 Å². The molecule has 2 N–H and O–H groups in total. The van der Waals surface area contributed by atoms with Gasteiger partial charge >= 0.3 is 6.09 Å². The molecule has 0 fully saturated rings. The average Bonchev–Trinajstić information content (AvgIpc) is 2.74. The van der Waals surface area contributed by atoms with Crippen molar-refractivity contribution in [3.63, 3.8) is 0 Å². The highest BCUT2D eigenvalue weighted by Gasteiger charge is 2.03. The van der Waals surface area contributed by atoms with Crippen LogP contribution in [0.25, 0.3) is 0 Å². The van der Waals surface area contributed by atoms with Gasteiger partial charge in [0, 0.05) is 14.6 Å². The Kier molecular flexibility index (Phi) is 50.2. The van der Waals surface area contributed by atoms with Gasteiger partial charge in [0.05, 0.1) is 6.61 Å². The Labute approximate surface area is 180 Å². The molecule has 0 aromatic heterocycles. The van der Waals surface area contributed by atoms with E-state index in [9.17, 15) is 4.79 Å². The van der Waals surface area contributed by atoms with Crippen LogP contribution in [0, 0.1) is 17.8 Å². The van der Waals surface area contributed by atoms with Gasteiger partial charge in [0.15, 0.2) is 0 Å². The molecule has 0 aliphatic carbocycles. The lowest BCUT2D eigenvalue weighted by Gasteiger charge is -2.10. The lowest BCUT2D eigenvalue weighted by Crippen LogP contribution is -2.26. The van der Waals surface area contributed by atoms with Crippen LogP contribution in [0.3, 0.4) is 0 Å². The molecule has 0 spiro atoms. The second kappa shape index (κ2) is 37.0. The zero-order valence-electron chi connectivity index (χ0n) is 21.7. The van der Waals surface area contributed by atoms with E-state index in [1.165, 1.54) is 19.3 Å². The van der Waals surface area contributed by atoms with Crippen molar-refractivity contribution in [3.05, 3.63) is 0 Å². The molecule has 0 saturated carbocycles. The zero-order valence-corrected chi connectivity index (χ0v) is 21.7. The molecule has 0 heterocycles. The number of rotatable bonds is 10. The summed E-state index contributed by atoms with van der Waals surface area (Å²) in [6, 6.07) is 0. The molecule has 0 aliphatic heterocycles. The Morgan fingerprint density at radius 1 is 0.893 bits per heavy atom. The third kappa shape index (κ3) is 44.6. The summed E-state index contributed by atoms with van der Waals surface area (Å²) in [5.74, 6) is 1.85. The van der Waals surface area contributed by atoms with Crippen LogP contribution in [-0.2, 0) is 4.74 Å². The Morgan fingerprint density at radius 3 is 1.64 bits per heavy atom. The molecule has 0 aromatic rings. The number of alkyl carbamates (subject to hydrolysis) is 1. The summed E-state index contributed by atoms with van der Waals surface area (Å²) < 4.78 is 4.99. The van der Waals surface area contributed by atoms with E-state index in [-0.39, 0.29) is 7.52 Å². The molecule has 2 atom stereocenters. The van der Waals surface area contributed by atoms with Gasteiger partial charge in [-0.3, -0.25) is 0 Å². The maximum Gasteiger partial charge on any atom is 0.407 e. The number of aliphatic hydroxyl groups is 1. The molecule has 0 radical (unpaired) electrons. The number of carbonyl (C=O) groups is 1. The van der Waals surface area contributed by atoms with Gasteiger partial charge in [0.25, 0.3) is 0 Å². The molecule has 178 valence electrons. The smallest absolute Gasteiger partial charge is 0.407 e. The van der Waals surface area contributed by atoms with Gasteiger partial charge in [-0.2, -0.15) is 0 Å². The summed E-state index contributed by atoms with van der Waals surface area (Å²) in [7, 11) is 0. The van der Waals surface area contributed by atoms with E-state index in [0.717, 1.165) is 25.3 Å². The number of nitrogens with one attached hydrogen (secondary N) is 1. The summed E-state index contributed by atoms with van der Waals surface area (Å²) in [5.41, 5.74) is 0. The normalized spacial score (nSPS) is 10.9. The van der Waals surface area contributed by atoms with Crippen molar-refractivity contribution in [1.29, 1.82) is 0 Å². The fourth-order valence-corrected chi connectivity index (χ4v) is 1.56. The SMILES string of the molecule is CC.CC.CC.CCC(C)CCCNC(=O)OCC(C)C.CCC(C)CCO.[HH]. The van der Waals surface area contributed by atoms with Crippen LogP contribution in [0.2, 0.25) is 0 Å². The molecule has 2 unspecified atom stereocenters. The van der Waals surface area contributed by atoms with Gasteiger partial charge < -0.3 is 15.2 Å². The average molecular weight is 410 g/mol. The van der Waals surface area contributed by atoms with E-state index in [0.29, 0.717) is 25.0 Å². The van der Waals surface area contributed by atoms with Crippen molar-refractivity contribution in [2.24, 2.45) is 17.8 Å². The number of amides is 1. The number of ether oxygens (including phenoxy) is 1. The molecular formula is C24H59NO3. The zero-order chi connectivity index (χ0) is 23.4. The minimum Gasteiger partial charge on any atom is -0.449 e. The number of aliphatic hydroxyl groups excluding tert-OH is 1. The maximum absolute atomic E-state index is 11.1. The summed E-state index contributed by atoms with van der Waals surface area (Å²) >= 11 is 0. The third-order valence-electron chi connectivity index (χ3n) is 3.71. The first-order chi connectivity index (χ1) is 13.4. The maximum atomic E-state index is 11.1. The summed E-state index contributed by atoms with van der Waals surface area (Å²) in [6.07, 6.45) is 5.26. The van der Waals surface area contributed by atoms with Crippen molar-refractivity contribution >= 4 is 6.09 Å². The van der Waals surface area contributed by atoms with E-state index >= 15 is 0 Å². The standard InChI is InChI=1S/C12H25NO2.C6H14O.3C2H6.H2/c1-5-11(4)7-6-8-13-12(14)15-9-10(2)3;1-3-6(2)4-5-7;3*1-2;/h10-11H,5-9H2,1-4H3,(H,13,14);6-7H,3-5H2,1-2H3;3*1-2H3;1H. The van der Waals surface area contributed by atoms with Crippen LogP contribution in [-0.4, -0.2) is 31.0 Å². The van der Waals surface area contributed by atoms with E-state index in [1.807, 2.05) is 55.4 Å². The first-order valence-corrected chi connectivity index (χ1v) is 11.9. The second-order valence-corrected chi connectivity index (χ2v) is 6.60. The van der Waals surface area contributed by atoms with Gasteiger partial charge in [0.2, 0.25) is 0 Å². The predicted octanol–water partition coefficient (Wildman–Crippen LogP) is 7.93. The fraction of sp³-hybridized carbons (Fsp3) is 0.958. The minimum atomic E-state index is -0.284. The summed E-state index contributed by atoms with van der Waals surface area (Å²) in [4.78, 5) is 11.1. The minimum absolute atomic E-state index is 0. The predicted molar refractivity (Wildman–Crippen MR) is 130 cm³/mol. The molecule has 0 rings (SSSR count). The number of hydrogen-bond acceptors (Lipinski definition) is 3. The van der Waals surface area contributed by atoms with Crippen LogP contribution >= 0.6 is 0 Å². The topological polar surface area (TPSA) is 58.6 Å². The molecular weight excluding hydrogens is 350 g/mol. The van der Waals surface area contributed by atoms with E-state index < -0.39 is 0 Å². The van der Waals surface area contributed by atoms with Gasteiger partial charge in [0.1, 0.15) is 0 Å². The van der Waals surface area contributed by atoms with Crippen LogP contribution in [0.15, 0.2) is 0 Å². The highest BCUT2D eigenvalue weighted by atomic mass is 16.5. The number of carbonyl (C=O) groups excluding carboxylic acids is 1. The third-order valence-corrected chi connectivity index (χ3v) is 3.71. The Hall–Kier alpha value is -0.770. The van der Waals surface area contributed by atoms with E-state index in [2.05, 4.69) is 33.0 Å². The van der Waals surface area contributed by atoms with E-state index in [4.69, 9.17) is 9.84 Å². The second-order valence-electron chi connectivity index (χ2n) is 6.60. The van der Waals surface area contributed by atoms with Gasteiger partial charge in [-0.05, 0) is 37.0 Å². The quantitative estimate of drug-likeness (QED) is 0.360. The fourth-order valence-electron chi connectivity index (χ4n) is 1.56. The number of hydrogen-bond donors (Lipinski definition) is 2. The van der Waals surface area contributed by atoms with Crippen molar-refractivity contribution in [3.8, 4) is 0 Å². The largest absolute Gasteiger partial charge is 0.449 e. The van der Waals surface area contributed by atoms with Gasteiger partial charge in [-0.25, -0.2) is 4.79 Å². The lowest BCUT2D eigenvalue weighted by molar-refractivity contribution is 0.133.